The molecule has 16 heavy (non-hydrogen) atoms. The Bertz CT molecular complexity index is 337. The van der Waals surface area contributed by atoms with Crippen LogP contribution >= 0.6 is 11.6 Å². The third-order valence-corrected chi connectivity index (χ3v) is 2.44. The SMILES string of the molecule is CCOCC(=O)N[C@H](C)c1ccc(Cl)cc1. The summed E-state index contributed by atoms with van der Waals surface area (Å²) >= 11 is 5.78. The quantitative estimate of drug-likeness (QED) is 0.861. The molecule has 0 spiro atoms. The Labute approximate surface area is 101 Å². The highest BCUT2D eigenvalue weighted by Gasteiger charge is 2.08. The summed E-state index contributed by atoms with van der Waals surface area (Å²) in [5.41, 5.74) is 1.02. The third kappa shape index (κ3) is 4.21. The van der Waals surface area contributed by atoms with Gasteiger partial charge in [-0.1, -0.05) is 23.7 Å². The highest BCUT2D eigenvalue weighted by Crippen LogP contribution is 2.15. The molecule has 0 bridgehead atoms. The summed E-state index contributed by atoms with van der Waals surface area (Å²) in [6.07, 6.45) is 0. The molecule has 0 radical (unpaired) electrons. The van der Waals surface area contributed by atoms with Crippen LogP contribution in [-0.2, 0) is 9.53 Å². The number of ether oxygens (including phenoxy) is 1. The zero-order valence-electron chi connectivity index (χ0n) is 9.50. The molecule has 0 aliphatic carbocycles. The molecule has 0 aliphatic rings. The summed E-state index contributed by atoms with van der Waals surface area (Å²) in [6.45, 7) is 4.43. The molecule has 1 aromatic carbocycles. The number of hydrogen-bond donors (Lipinski definition) is 1. The molecule has 1 aromatic rings. The maximum absolute atomic E-state index is 11.4. The minimum atomic E-state index is -0.107. The molecule has 0 fully saturated rings. The van der Waals surface area contributed by atoms with Gasteiger partial charge in [0.2, 0.25) is 5.91 Å². The van der Waals surface area contributed by atoms with Crippen molar-refractivity contribution in [3.63, 3.8) is 0 Å². The van der Waals surface area contributed by atoms with Crippen molar-refractivity contribution in [2.24, 2.45) is 0 Å². The second-order valence-electron chi connectivity index (χ2n) is 3.48. The summed E-state index contributed by atoms with van der Waals surface area (Å²) in [5, 5.41) is 3.53. The highest BCUT2D eigenvalue weighted by atomic mass is 35.5. The van der Waals surface area contributed by atoms with Crippen molar-refractivity contribution in [1.29, 1.82) is 0 Å². The topological polar surface area (TPSA) is 38.3 Å². The maximum Gasteiger partial charge on any atom is 0.246 e. The molecule has 88 valence electrons. The number of carbonyl (C=O) groups excluding carboxylic acids is 1. The molecule has 3 nitrogen and oxygen atoms in total. The summed E-state index contributed by atoms with van der Waals surface area (Å²) in [4.78, 5) is 11.4. The van der Waals surface area contributed by atoms with E-state index < -0.39 is 0 Å². The van der Waals surface area contributed by atoms with Gasteiger partial charge < -0.3 is 10.1 Å². The zero-order valence-corrected chi connectivity index (χ0v) is 10.3. The number of hydrogen-bond acceptors (Lipinski definition) is 2. The minimum absolute atomic E-state index is 0.0368. The standard InChI is InChI=1S/C12H16ClNO2/c1-3-16-8-12(15)14-9(2)10-4-6-11(13)7-5-10/h4-7,9H,3,8H2,1-2H3,(H,14,15)/t9-/m1/s1. The van der Waals surface area contributed by atoms with Crippen LogP contribution in [-0.4, -0.2) is 19.1 Å². The van der Waals surface area contributed by atoms with Crippen LogP contribution in [0.15, 0.2) is 24.3 Å². The number of benzene rings is 1. The number of amides is 1. The van der Waals surface area contributed by atoms with Gasteiger partial charge in [-0.15, -0.1) is 0 Å². The summed E-state index contributed by atoms with van der Waals surface area (Å²) in [6, 6.07) is 7.37. The van der Waals surface area contributed by atoms with Crippen molar-refractivity contribution in [2.45, 2.75) is 19.9 Å². The lowest BCUT2D eigenvalue weighted by Crippen LogP contribution is -2.30. The van der Waals surface area contributed by atoms with Crippen LogP contribution in [0.1, 0.15) is 25.5 Å². The molecule has 1 rings (SSSR count). The first-order valence-electron chi connectivity index (χ1n) is 5.26. The third-order valence-electron chi connectivity index (χ3n) is 2.18. The maximum atomic E-state index is 11.4. The second kappa shape index (κ2) is 6.51. The van der Waals surface area contributed by atoms with E-state index in [4.69, 9.17) is 16.3 Å². The Morgan fingerprint density at radius 2 is 2.06 bits per heavy atom. The first-order valence-corrected chi connectivity index (χ1v) is 5.64. The van der Waals surface area contributed by atoms with Gasteiger partial charge in [0.25, 0.3) is 0 Å². The van der Waals surface area contributed by atoms with Crippen LogP contribution in [0.5, 0.6) is 0 Å². The van der Waals surface area contributed by atoms with E-state index in [0.717, 1.165) is 5.56 Å². The predicted octanol–water partition coefficient (Wildman–Crippen LogP) is 2.55. The first kappa shape index (κ1) is 13.0. The fourth-order valence-electron chi connectivity index (χ4n) is 1.31. The molecule has 0 unspecified atom stereocenters. The highest BCUT2D eigenvalue weighted by molar-refractivity contribution is 6.30. The van der Waals surface area contributed by atoms with Crippen LogP contribution < -0.4 is 5.32 Å². The molecule has 0 saturated heterocycles. The van der Waals surface area contributed by atoms with Crippen molar-refractivity contribution in [1.82, 2.24) is 5.32 Å². The molecule has 0 heterocycles. The van der Waals surface area contributed by atoms with Crippen molar-refractivity contribution in [3.8, 4) is 0 Å². The second-order valence-corrected chi connectivity index (χ2v) is 3.91. The molecular weight excluding hydrogens is 226 g/mol. The van der Waals surface area contributed by atoms with Gasteiger partial charge in [0.15, 0.2) is 0 Å². The van der Waals surface area contributed by atoms with E-state index in [9.17, 15) is 4.79 Å². The van der Waals surface area contributed by atoms with Crippen LogP contribution in [0.25, 0.3) is 0 Å². The summed E-state index contributed by atoms with van der Waals surface area (Å²) < 4.78 is 5.02. The number of rotatable bonds is 5. The Balaban J connectivity index is 2.48. The monoisotopic (exact) mass is 241 g/mol. The van der Waals surface area contributed by atoms with Crippen molar-refractivity contribution < 1.29 is 9.53 Å². The first-order chi connectivity index (χ1) is 7.63. The van der Waals surface area contributed by atoms with Gasteiger partial charge in [0, 0.05) is 11.6 Å². The Morgan fingerprint density at radius 1 is 1.44 bits per heavy atom. The molecule has 4 heteroatoms. The van der Waals surface area contributed by atoms with Gasteiger partial charge in [-0.2, -0.15) is 0 Å². The smallest absolute Gasteiger partial charge is 0.246 e. The Hall–Kier alpha value is -1.06. The molecule has 0 aliphatic heterocycles. The lowest BCUT2D eigenvalue weighted by Gasteiger charge is -2.14. The van der Waals surface area contributed by atoms with E-state index in [1.807, 2.05) is 38.1 Å². The van der Waals surface area contributed by atoms with Gasteiger partial charge in [0.1, 0.15) is 6.61 Å². The minimum Gasteiger partial charge on any atom is -0.372 e. The van der Waals surface area contributed by atoms with Crippen LogP contribution in [0.3, 0.4) is 0 Å². The van der Waals surface area contributed by atoms with Gasteiger partial charge in [0.05, 0.1) is 6.04 Å². The van der Waals surface area contributed by atoms with E-state index >= 15 is 0 Å². The van der Waals surface area contributed by atoms with E-state index in [0.29, 0.717) is 11.6 Å². The van der Waals surface area contributed by atoms with Gasteiger partial charge >= 0.3 is 0 Å². The number of halogens is 1. The molecule has 0 aromatic heterocycles. The van der Waals surface area contributed by atoms with Crippen molar-refractivity contribution >= 4 is 17.5 Å². The number of nitrogens with one attached hydrogen (secondary N) is 1. The summed E-state index contributed by atoms with van der Waals surface area (Å²) in [7, 11) is 0. The zero-order chi connectivity index (χ0) is 12.0. The normalized spacial score (nSPS) is 12.2. The Kier molecular flexibility index (Phi) is 5.29. The lowest BCUT2D eigenvalue weighted by atomic mass is 10.1. The fraction of sp³-hybridized carbons (Fsp3) is 0.417. The van der Waals surface area contributed by atoms with E-state index in [2.05, 4.69) is 5.32 Å². The molecule has 0 saturated carbocycles. The van der Waals surface area contributed by atoms with Gasteiger partial charge in [-0.25, -0.2) is 0 Å². The largest absolute Gasteiger partial charge is 0.372 e. The van der Waals surface area contributed by atoms with Crippen molar-refractivity contribution in [2.75, 3.05) is 13.2 Å². The van der Waals surface area contributed by atoms with Crippen LogP contribution in [0, 0.1) is 0 Å². The molecule has 1 N–H and O–H groups in total. The Morgan fingerprint density at radius 3 is 2.62 bits per heavy atom. The van der Waals surface area contributed by atoms with Crippen LogP contribution in [0.2, 0.25) is 5.02 Å². The number of carbonyl (C=O) groups is 1. The van der Waals surface area contributed by atoms with E-state index in [1.54, 1.807) is 0 Å². The molecule has 1 amide bonds. The van der Waals surface area contributed by atoms with Gasteiger partial charge in [-0.05, 0) is 31.5 Å². The lowest BCUT2D eigenvalue weighted by molar-refractivity contribution is -0.126. The van der Waals surface area contributed by atoms with E-state index in [1.165, 1.54) is 0 Å². The van der Waals surface area contributed by atoms with Gasteiger partial charge in [-0.3, -0.25) is 4.79 Å². The average Bonchev–Trinajstić information content (AvgIpc) is 2.27. The van der Waals surface area contributed by atoms with E-state index in [-0.39, 0.29) is 18.6 Å². The van der Waals surface area contributed by atoms with Crippen LogP contribution in [0.4, 0.5) is 0 Å². The van der Waals surface area contributed by atoms with Crippen molar-refractivity contribution in [3.05, 3.63) is 34.9 Å². The fourth-order valence-corrected chi connectivity index (χ4v) is 1.44. The molecular formula is C12H16ClNO2. The predicted molar refractivity (Wildman–Crippen MR) is 64.5 cm³/mol. The average molecular weight is 242 g/mol. The molecule has 1 atom stereocenters. The summed E-state index contributed by atoms with van der Waals surface area (Å²) in [5.74, 6) is -0.107.